The highest BCUT2D eigenvalue weighted by Gasteiger charge is 2.01. The van der Waals surface area contributed by atoms with E-state index in [1.807, 2.05) is 30.3 Å². The minimum absolute atomic E-state index is 0.597. The predicted octanol–water partition coefficient (Wildman–Crippen LogP) is 5.45. The minimum Gasteiger partial charge on any atom is -0.489 e. The average molecular weight is 348 g/mol. The van der Waals surface area contributed by atoms with Crippen LogP contribution in [0.25, 0.3) is 0 Å². The zero-order valence-corrected chi connectivity index (χ0v) is 15.9. The largest absolute Gasteiger partial charge is 0.489 e. The third kappa shape index (κ3) is 8.05. The predicted molar refractivity (Wildman–Crippen MR) is 110 cm³/mol. The van der Waals surface area contributed by atoms with Gasteiger partial charge in [-0.25, -0.2) is 0 Å². The first-order valence-corrected chi connectivity index (χ1v) is 9.35. The van der Waals surface area contributed by atoms with Gasteiger partial charge in [0.1, 0.15) is 12.4 Å². The van der Waals surface area contributed by atoms with Crippen molar-refractivity contribution in [2.45, 2.75) is 39.3 Å². The van der Waals surface area contributed by atoms with E-state index in [1.165, 1.54) is 24.0 Å². The van der Waals surface area contributed by atoms with Gasteiger partial charge in [0.2, 0.25) is 0 Å². The molecule has 0 radical (unpaired) electrons. The Morgan fingerprint density at radius 1 is 1.04 bits per heavy atom. The molecule has 0 unspecified atom stereocenters. The van der Waals surface area contributed by atoms with Crippen LogP contribution in [0.5, 0.6) is 5.75 Å². The molecule has 0 aromatic heterocycles. The number of nitrogens with zero attached hydrogens (tertiary/aromatic N) is 1. The molecular weight excluding hydrogens is 318 g/mol. The van der Waals surface area contributed by atoms with Gasteiger partial charge in [-0.2, -0.15) is 0 Å². The Balaban J connectivity index is 1.77. The monoisotopic (exact) mass is 347 g/mol. The molecule has 2 heteroatoms. The second kappa shape index (κ2) is 12.0. The summed E-state index contributed by atoms with van der Waals surface area (Å²) < 4.78 is 5.91. The van der Waals surface area contributed by atoms with E-state index in [0.717, 1.165) is 25.3 Å². The summed E-state index contributed by atoms with van der Waals surface area (Å²) in [5.74, 6) is 7.19. The third-order valence-electron chi connectivity index (χ3n) is 3.97. The molecule has 136 valence electrons. The number of likely N-dealkylation sites (N-methyl/N-ethyl adjacent to an activating group) is 1. The molecule has 0 aliphatic carbocycles. The molecule has 0 spiro atoms. The maximum atomic E-state index is 5.91. The van der Waals surface area contributed by atoms with Crippen LogP contribution in [-0.2, 0) is 13.2 Å². The molecule has 0 bridgehead atoms. The molecule has 2 aromatic rings. The molecule has 0 amide bonds. The first-order chi connectivity index (χ1) is 12.8. The van der Waals surface area contributed by atoms with Crippen LogP contribution in [0.4, 0.5) is 0 Å². The molecule has 2 rings (SSSR count). The Morgan fingerprint density at radius 2 is 1.85 bits per heavy atom. The lowest BCUT2D eigenvalue weighted by molar-refractivity contribution is 0.304. The highest BCUT2D eigenvalue weighted by atomic mass is 16.5. The lowest BCUT2D eigenvalue weighted by Gasteiger charge is -2.15. The lowest BCUT2D eigenvalue weighted by Crippen LogP contribution is -2.17. The second-order valence-electron chi connectivity index (χ2n) is 6.45. The molecule has 0 saturated carbocycles. The van der Waals surface area contributed by atoms with Crippen molar-refractivity contribution in [2.24, 2.45) is 0 Å². The summed E-state index contributed by atoms with van der Waals surface area (Å²) in [4.78, 5) is 2.26. The van der Waals surface area contributed by atoms with Crippen LogP contribution in [0.2, 0.25) is 0 Å². The maximum absolute atomic E-state index is 5.91. The van der Waals surface area contributed by atoms with Gasteiger partial charge in [0, 0.05) is 19.5 Å². The van der Waals surface area contributed by atoms with Gasteiger partial charge >= 0.3 is 0 Å². The van der Waals surface area contributed by atoms with Crippen molar-refractivity contribution >= 4 is 0 Å². The smallest absolute Gasteiger partial charge is 0.120 e. The van der Waals surface area contributed by atoms with Gasteiger partial charge in [0.25, 0.3) is 0 Å². The number of unbranched alkanes of at least 4 members (excludes halogenated alkanes) is 2. The molecule has 0 heterocycles. The standard InChI is InChI=1S/C24H29NO/c1-3-4-5-6-7-8-12-18-25(2)20-23-16-13-17-24(19-23)26-21-22-14-10-9-11-15-22/h8-17,19H,3-5,18,20-21H2,1-2H3/b12-8-. The topological polar surface area (TPSA) is 12.5 Å². The zero-order chi connectivity index (χ0) is 18.5. The first-order valence-electron chi connectivity index (χ1n) is 9.35. The van der Waals surface area contributed by atoms with Crippen molar-refractivity contribution in [3.8, 4) is 17.6 Å². The molecule has 0 aliphatic rings. The van der Waals surface area contributed by atoms with Gasteiger partial charge in [-0.05, 0) is 42.8 Å². The van der Waals surface area contributed by atoms with Crippen LogP contribution in [0, 0.1) is 11.8 Å². The van der Waals surface area contributed by atoms with Gasteiger partial charge in [0.05, 0.1) is 0 Å². The Morgan fingerprint density at radius 3 is 2.65 bits per heavy atom. The van der Waals surface area contributed by atoms with Crippen LogP contribution in [0.15, 0.2) is 66.7 Å². The van der Waals surface area contributed by atoms with E-state index < -0.39 is 0 Å². The quantitative estimate of drug-likeness (QED) is 0.442. The molecular formula is C24H29NO. The van der Waals surface area contributed by atoms with Gasteiger partial charge in [0.15, 0.2) is 0 Å². The SMILES string of the molecule is CCCCC#C/C=C\CN(C)Cc1cccc(OCc2ccccc2)c1. The van der Waals surface area contributed by atoms with Crippen molar-refractivity contribution in [2.75, 3.05) is 13.6 Å². The van der Waals surface area contributed by atoms with E-state index in [1.54, 1.807) is 0 Å². The van der Waals surface area contributed by atoms with Crippen LogP contribution < -0.4 is 4.74 Å². The fourth-order valence-electron chi connectivity index (χ4n) is 2.54. The zero-order valence-electron chi connectivity index (χ0n) is 15.9. The van der Waals surface area contributed by atoms with Gasteiger partial charge in [-0.3, -0.25) is 4.90 Å². The molecule has 26 heavy (non-hydrogen) atoms. The van der Waals surface area contributed by atoms with Gasteiger partial charge < -0.3 is 4.74 Å². The van der Waals surface area contributed by atoms with Crippen molar-refractivity contribution in [1.29, 1.82) is 0 Å². The minimum atomic E-state index is 0.597. The first kappa shape index (κ1) is 19.8. The van der Waals surface area contributed by atoms with E-state index in [9.17, 15) is 0 Å². The van der Waals surface area contributed by atoms with Crippen LogP contribution in [-0.4, -0.2) is 18.5 Å². The molecule has 2 aromatic carbocycles. The summed E-state index contributed by atoms with van der Waals surface area (Å²) in [5.41, 5.74) is 2.43. The van der Waals surface area contributed by atoms with Crippen molar-refractivity contribution < 1.29 is 4.74 Å². The second-order valence-corrected chi connectivity index (χ2v) is 6.45. The van der Waals surface area contributed by atoms with E-state index in [0.29, 0.717) is 6.61 Å². The number of benzene rings is 2. The van der Waals surface area contributed by atoms with Gasteiger partial charge in [-0.1, -0.05) is 73.7 Å². The summed E-state index contributed by atoms with van der Waals surface area (Å²) >= 11 is 0. The molecule has 0 saturated heterocycles. The van der Waals surface area contributed by atoms with E-state index in [2.05, 4.69) is 67.1 Å². The van der Waals surface area contributed by atoms with E-state index in [-0.39, 0.29) is 0 Å². The van der Waals surface area contributed by atoms with E-state index in [4.69, 9.17) is 4.74 Å². The van der Waals surface area contributed by atoms with Crippen molar-refractivity contribution in [3.63, 3.8) is 0 Å². The van der Waals surface area contributed by atoms with E-state index >= 15 is 0 Å². The summed E-state index contributed by atoms with van der Waals surface area (Å²) in [6, 6.07) is 18.6. The highest BCUT2D eigenvalue weighted by molar-refractivity contribution is 5.29. The highest BCUT2D eigenvalue weighted by Crippen LogP contribution is 2.16. The molecule has 0 fully saturated rings. The summed E-state index contributed by atoms with van der Waals surface area (Å²) in [6.07, 6.45) is 7.46. The third-order valence-corrected chi connectivity index (χ3v) is 3.97. The fourth-order valence-corrected chi connectivity index (χ4v) is 2.54. The normalized spacial score (nSPS) is 10.7. The Kier molecular flexibility index (Phi) is 9.11. The molecule has 0 atom stereocenters. The molecule has 0 aliphatic heterocycles. The van der Waals surface area contributed by atoms with Crippen LogP contribution >= 0.6 is 0 Å². The fraction of sp³-hybridized carbons (Fsp3) is 0.333. The maximum Gasteiger partial charge on any atom is 0.120 e. The molecule has 0 N–H and O–H groups in total. The van der Waals surface area contributed by atoms with Crippen LogP contribution in [0.3, 0.4) is 0 Å². The summed E-state index contributed by atoms with van der Waals surface area (Å²) in [6.45, 7) is 4.56. The van der Waals surface area contributed by atoms with Crippen molar-refractivity contribution in [1.82, 2.24) is 4.90 Å². The average Bonchev–Trinajstić information content (AvgIpc) is 2.67. The number of hydrogen-bond donors (Lipinski definition) is 0. The number of allylic oxidation sites excluding steroid dienone is 1. The number of rotatable bonds is 9. The van der Waals surface area contributed by atoms with Crippen LogP contribution in [0.1, 0.15) is 37.3 Å². The Labute approximate surface area is 158 Å². The van der Waals surface area contributed by atoms with Crippen molar-refractivity contribution in [3.05, 3.63) is 77.9 Å². The Bertz CT molecular complexity index is 725. The van der Waals surface area contributed by atoms with Gasteiger partial charge in [-0.15, -0.1) is 0 Å². The summed E-state index contributed by atoms with van der Waals surface area (Å²) in [7, 11) is 2.12. The lowest BCUT2D eigenvalue weighted by atomic mass is 10.2. The Hall–Kier alpha value is -2.50. The number of hydrogen-bond acceptors (Lipinski definition) is 2. The number of ether oxygens (including phenoxy) is 1. The molecule has 2 nitrogen and oxygen atoms in total. The summed E-state index contributed by atoms with van der Waals surface area (Å²) in [5, 5.41) is 0.